The van der Waals surface area contributed by atoms with Gasteiger partial charge in [0.15, 0.2) is 27.7 Å². The van der Waals surface area contributed by atoms with E-state index in [1.165, 1.54) is 50.2 Å². The number of carbonyl (C=O) groups is 4. The molecule has 1 amide bonds. The highest BCUT2D eigenvalue weighted by Crippen LogP contribution is 2.49. The smallest absolute Gasteiger partial charge is 0.335 e. The second-order valence-corrected chi connectivity index (χ2v) is 17.9. The van der Waals surface area contributed by atoms with Gasteiger partial charge in [-0.15, -0.1) is 20.5 Å². The Morgan fingerprint density at radius 1 is 0.739 bits per heavy atom. The highest BCUT2D eigenvalue weighted by molar-refractivity contribution is 7.85. The van der Waals surface area contributed by atoms with Crippen LogP contribution >= 0.6 is 11.3 Å². The molecule has 0 aliphatic carbocycles. The van der Waals surface area contributed by atoms with Gasteiger partial charge in [-0.1, -0.05) is 35.6 Å². The minimum absolute atomic E-state index is 0.0375. The van der Waals surface area contributed by atoms with Crippen LogP contribution < -0.4 is 16.0 Å². The van der Waals surface area contributed by atoms with Gasteiger partial charge in [-0.05, 0) is 92.1 Å². The van der Waals surface area contributed by atoms with E-state index in [0.717, 1.165) is 35.6 Å². The number of pyridine rings is 1. The fourth-order valence-corrected chi connectivity index (χ4v) is 8.70. The molecule has 350 valence electrons. The molecule has 69 heavy (non-hydrogen) atoms. The van der Waals surface area contributed by atoms with Crippen molar-refractivity contribution in [1.82, 2.24) is 4.98 Å². The van der Waals surface area contributed by atoms with Crippen molar-refractivity contribution in [2.45, 2.75) is 43.4 Å². The highest BCUT2D eigenvalue weighted by atomic mass is 32.2. The van der Waals surface area contributed by atoms with E-state index in [0.29, 0.717) is 5.56 Å². The van der Waals surface area contributed by atoms with Gasteiger partial charge in [-0.2, -0.15) is 18.9 Å². The molecule has 25 heteroatoms. The summed E-state index contributed by atoms with van der Waals surface area (Å²) in [5, 5.41) is 75.0. The van der Waals surface area contributed by atoms with Crippen molar-refractivity contribution in [3.63, 3.8) is 0 Å². The summed E-state index contributed by atoms with van der Waals surface area (Å²) >= 11 is -1.65. The van der Waals surface area contributed by atoms with E-state index in [9.17, 15) is 61.6 Å². The highest BCUT2D eigenvalue weighted by Gasteiger charge is 2.24. The number of carboxylic acid groups (broad SMARTS) is 3. The number of anilines is 5. The normalized spacial score (nSPS) is 11.8. The molecule has 0 spiro atoms. The van der Waals surface area contributed by atoms with Crippen LogP contribution in [0.25, 0.3) is 11.1 Å². The van der Waals surface area contributed by atoms with Crippen LogP contribution in [0, 0.1) is 43.4 Å². The topological polar surface area (TPSA) is 367 Å². The predicted molar refractivity (Wildman–Crippen MR) is 250 cm³/mol. The number of nitrogens with zero attached hydrogens (tertiary/aromatic N) is 7. The molecular formula is C44H34N10O12S3. The fourth-order valence-electron chi connectivity index (χ4n) is 6.46. The van der Waals surface area contributed by atoms with E-state index in [1.54, 1.807) is 25.1 Å². The standard InChI is InChI=1S/C44H34N10O12S3/c1-21-7-9-28(17-33(21)68(62)63)49-40-38(23(3)31(19-45)39(50-40)48-29-10-8-22(2)34(18-29)69(64,65)66)52-53-41-32(20-46)37(24-5-4-6-27(14-24)47-35(55)11-12-36(56)57)42(67-41)54-51-30-15-25(43(58)59)13-26(16-30)44(60)61/h4-10,13-18H,11-12H2,1-3H3,(H,47,55)(H,56,57)(H,58,59)(H,60,61)(H,62,63)(H2,48,49,50)(H,64,65,66). The molecule has 0 radical (unpaired) electrons. The van der Waals surface area contributed by atoms with E-state index < -0.39 is 67.5 Å². The second-order valence-electron chi connectivity index (χ2n) is 14.6. The van der Waals surface area contributed by atoms with Crippen molar-refractivity contribution in [3.8, 4) is 23.3 Å². The minimum Gasteiger partial charge on any atom is -0.481 e. The van der Waals surface area contributed by atoms with Gasteiger partial charge in [0.25, 0.3) is 10.1 Å². The van der Waals surface area contributed by atoms with Crippen LogP contribution in [0.15, 0.2) is 109 Å². The van der Waals surface area contributed by atoms with Gasteiger partial charge in [-0.3, -0.25) is 14.1 Å². The van der Waals surface area contributed by atoms with Crippen LogP contribution in [-0.2, 0) is 30.8 Å². The van der Waals surface area contributed by atoms with E-state index in [-0.39, 0.29) is 94.8 Å². The molecular weight excluding hydrogens is 957 g/mol. The SMILES string of the molecule is Cc1ccc(Nc2nc(Nc3ccc(C)c(S(=O)(=O)O)c3)c(C#N)c(C)c2N=Nc2sc(N=Nc3cc(C(=O)O)cc(C(=O)O)c3)c(-c3cccc(NC(=O)CCC(=O)O)c3)c2C#N)cc1S(=O)O. The number of azo groups is 2. The molecule has 1 unspecified atom stereocenters. The molecule has 6 aromatic rings. The molecule has 0 aliphatic rings. The van der Waals surface area contributed by atoms with Crippen LogP contribution in [0.2, 0.25) is 0 Å². The first kappa shape index (κ1) is 49.8. The number of aliphatic carboxylic acids is 1. The van der Waals surface area contributed by atoms with Crippen molar-refractivity contribution in [2.24, 2.45) is 20.5 Å². The number of hydrogen-bond acceptors (Lipinski definition) is 17. The molecule has 1 atom stereocenters. The summed E-state index contributed by atoms with van der Waals surface area (Å²) in [5.74, 6) is -4.93. The number of aromatic carboxylic acids is 2. The quantitative estimate of drug-likeness (QED) is 0.0239. The van der Waals surface area contributed by atoms with Gasteiger partial charge in [0.2, 0.25) is 5.91 Å². The average molecular weight is 991 g/mol. The van der Waals surface area contributed by atoms with Crippen LogP contribution in [0.1, 0.15) is 61.4 Å². The summed E-state index contributed by atoms with van der Waals surface area (Å²) in [6, 6.07) is 21.7. The minimum atomic E-state index is -4.66. The summed E-state index contributed by atoms with van der Waals surface area (Å²) in [4.78, 5) is 51.6. The molecule has 4 aromatic carbocycles. The maximum Gasteiger partial charge on any atom is 0.335 e. The summed E-state index contributed by atoms with van der Waals surface area (Å²) in [6.07, 6.45) is -0.788. The lowest BCUT2D eigenvalue weighted by atomic mass is 10.0. The van der Waals surface area contributed by atoms with Crippen molar-refractivity contribution in [1.29, 1.82) is 10.5 Å². The number of benzene rings is 4. The monoisotopic (exact) mass is 990 g/mol. The van der Waals surface area contributed by atoms with Crippen LogP contribution in [-0.4, -0.2) is 65.9 Å². The fraction of sp³-hybridized carbons (Fsp3) is 0.114. The Bertz CT molecular complexity index is 3380. The summed E-state index contributed by atoms with van der Waals surface area (Å²) in [7, 11) is -4.66. The molecule has 0 fully saturated rings. The first-order valence-corrected chi connectivity index (χ1v) is 23.0. The molecule has 0 bridgehead atoms. The number of nitriles is 2. The lowest BCUT2D eigenvalue weighted by Crippen LogP contribution is -2.13. The van der Waals surface area contributed by atoms with Gasteiger partial charge >= 0.3 is 17.9 Å². The molecule has 8 N–H and O–H groups in total. The maximum absolute atomic E-state index is 12.6. The van der Waals surface area contributed by atoms with E-state index in [4.69, 9.17) is 5.11 Å². The Labute approximate surface area is 397 Å². The number of nitrogens with one attached hydrogen (secondary N) is 3. The second kappa shape index (κ2) is 20.9. The number of aryl methyl sites for hydroxylation is 2. The lowest BCUT2D eigenvalue weighted by molar-refractivity contribution is -0.138. The summed E-state index contributed by atoms with van der Waals surface area (Å²) in [5.41, 5.74) is 0.347. The predicted octanol–water partition coefficient (Wildman–Crippen LogP) is 9.82. The van der Waals surface area contributed by atoms with Gasteiger partial charge in [-0.25, -0.2) is 18.8 Å². The summed E-state index contributed by atoms with van der Waals surface area (Å²) in [6.45, 7) is 4.57. The van der Waals surface area contributed by atoms with Crippen molar-refractivity contribution >= 4 is 106 Å². The largest absolute Gasteiger partial charge is 0.481 e. The number of rotatable bonds is 17. The lowest BCUT2D eigenvalue weighted by Gasteiger charge is -2.17. The maximum atomic E-state index is 12.6. The zero-order valence-corrected chi connectivity index (χ0v) is 38.3. The molecule has 0 saturated carbocycles. The van der Waals surface area contributed by atoms with E-state index >= 15 is 0 Å². The Morgan fingerprint density at radius 2 is 1.36 bits per heavy atom. The van der Waals surface area contributed by atoms with Crippen molar-refractivity contribution in [2.75, 3.05) is 16.0 Å². The third-order valence-electron chi connectivity index (χ3n) is 9.79. The average Bonchev–Trinajstić information content (AvgIpc) is 3.65. The number of amides is 1. The van der Waals surface area contributed by atoms with Gasteiger partial charge in [0.1, 0.15) is 28.4 Å². The Balaban J connectivity index is 1.54. The van der Waals surface area contributed by atoms with Crippen LogP contribution in [0.3, 0.4) is 0 Å². The molecule has 2 aromatic heterocycles. The van der Waals surface area contributed by atoms with Crippen molar-refractivity contribution in [3.05, 3.63) is 118 Å². The molecule has 6 rings (SSSR count). The van der Waals surface area contributed by atoms with Gasteiger partial charge in [0, 0.05) is 34.6 Å². The van der Waals surface area contributed by atoms with Gasteiger partial charge in [0.05, 0.1) is 38.6 Å². The van der Waals surface area contributed by atoms with E-state index in [1.807, 2.05) is 6.07 Å². The first-order chi connectivity index (χ1) is 32.7. The van der Waals surface area contributed by atoms with E-state index in [2.05, 4.69) is 47.5 Å². The third kappa shape index (κ3) is 11.9. The van der Waals surface area contributed by atoms with Crippen LogP contribution in [0.5, 0.6) is 0 Å². The third-order valence-corrected chi connectivity index (χ3v) is 12.6. The molecule has 2 heterocycles. The van der Waals surface area contributed by atoms with Gasteiger partial charge < -0.3 is 35.8 Å². The summed E-state index contributed by atoms with van der Waals surface area (Å²) < 4.78 is 56.2. The number of aromatic nitrogens is 1. The number of carboxylic acids is 3. The number of hydrogen-bond donors (Lipinski definition) is 8. The zero-order chi connectivity index (χ0) is 50.3. The zero-order valence-electron chi connectivity index (χ0n) is 35.9. The number of carbonyl (C=O) groups excluding carboxylic acids is 1. The Hall–Kier alpha value is -8.59. The molecule has 0 aliphatic heterocycles. The van der Waals surface area contributed by atoms with Crippen LogP contribution in [0.4, 0.5) is 50.1 Å². The first-order valence-electron chi connectivity index (χ1n) is 19.6. The Kier molecular flexibility index (Phi) is 15.1. The Morgan fingerprint density at radius 3 is 1.97 bits per heavy atom. The number of thiophene rings is 1. The molecule has 22 nitrogen and oxygen atoms in total. The molecule has 0 saturated heterocycles. The van der Waals surface area contributed by atoms with Crippen molar-refractivity contribution < 1.29 is 56.2 Å².